The zero-order chi connectivity index (χ0) is 16.7. The molecule has 0 aliphatic carbocycles. The molecule has 2 rings (SSSR count). The predicted molar refractivity (Wildman–Crippen MR) is 87.9 cm³/mol. The van der Waals surface area contributed by atoms with Crippen molar-refractivity contribution in [1.82, 2.24) is 9.80 Å². The Labute approximate surface area is 137 Å². The Kier molecular flexibility index (Phi) is 6.29. The van der Waals surface area contributed by atoms with Crippen molar-refractivity contribution in [3.8, 4) is 11.5 Å². The SMILES string of the molecule is C=CCN(Cc1cc(OC)ccc1OC)C(=O)N1CCOCC1. The topological polar surface area (TPSA) is 51.2 Å². The Morgan fingerprint density at radius 1 is 1.35 bits per heavy atom. The fourth-order valence-electron chi connectivity index (χ4n) is 2.53. The molecule has 0 aromatic heterocycles. The van der Waals surface area contributed by atoms with E-state index >= 15 is 0 Å². The van der Waals surface area contributed by atoms with Gasteiger partial charge in [-0.25, -0.2) is 4.79 Å². The summed E-state index contributed by atoms with van der Waals surface area (Å²) in [5.74, 6) is 1.47. The van der Waals surface area contributed by atoms with Crippen LogP contribution in [0.25, 0.3) is 0 Å². The summed E-state index contributed by atoms with van der Waals surface area (Å²) in [5, 5.41) is 0. The maximum Gasteiger partial charge on any atom is 0.320 e. The molecule has 1 heterocycles. The molecule has 2 amide bonds. The Morgan fingerprint density at radius 2 is 2.09 bits per heavy atom. The lowest BCUT2D eigenvalue weighted by Gasteiger charge is -2.32. The van der Waals surface area contributed by atoms with E-state index in [0.29, 0.717) is 39.4 Å². The van der Waals surface area contributed by atoms with Gasteiger partial charge >= 0.3 is 6.03 Å². The zero-order valence-corrected chi connectivity index (χ0v) is 13.8. The fourth-order valence-corrected chi connectivity index (χ4v) is 2.53. The van der Waals surface area contributed by atoms with Crippen LogP contribution in [0.15, 0.2) is 30.9 Å². The molecular formula is C17H24N2O4. The van der Waals surface area contributed by atoms with Crippen molar-refractivity contribution in [2.75, 3.05) is 47.1 Å². The van der Waals surface area contributed by atoms with E-state index in [1.165, 1.54) is 0 Å². The van der Waals surface area contributed by atoms with Crippen LogP contribution in [-0.2, 0) is 11.3 Å². The molecule has 0 unspecified atom stereocenters. The highest BCUT2D eigenvalue weighted by Gasteiger charge is 2.23. The molecule has 1 aliphatic heterocycles. The largest absolute Gasteiger partial charge is 0.497 e. The smallest absolute Gasteiger partial charge is 0.320 e. The van der Waals surface area contributed by atoms with Gasteiger partial charge in [-0.05, 0) is 18.2 Å². The first kappa shape index (κ1) is 17.1. The van der Waals surface area contributed by atoms with Crippen molar-refractivity contribution in [2.24, 2.45) is 0 Å². The summed E-state index contributed by atoms with van der Waals surface area (Å²) < 4.78 is 16.0. The second-order valence-corrected chi connectivity index (χ2v) is 5.23. The summed E-state index contributed by atoms with van der Waals surface area (Å²) in [6.45, 7) is 7.04. The maximum atomic E-state index is 12.7. The van der Waals surface area contributed by atoms with E-state index < -0.39 is 0 Å². The summed E-state index contributed by atoms with van der Waals surface area (Å²) in [6.07, 6.45) is 1.73. The van der Waals surface area contributed by atoms with E-state index in [4.69, 9.17) is 14.2 Å². The highest BCUT2D eigenvalue weighted by Crippen LogP contribution is 2.25. The number of nitrogens with zero attached hydrogens (tertiary/aromatic N) is 2. The summed E-state index contributed by atoms with van der Waals surface area (Å²) in [6, 6.07) is 5.56. The average molecular weight is 320 g/mol. The van der Waals surface area contributed by atoms with E-state index in [0.717, 1.165) is 17.1 Å². The average Bonchev–Trinajstić information content (AvgIpc) is 2.61. The Balaban J connectivity index is 2.17. The first-order chi connectivity index (χ1) is 11.2. The monoisotopic (exact) mass is 320 g/mol. The number of ether oxygens (including phenoxy) is 3. The van der Waals surface area contributed by atoms with Gasteiger partial charge in [-0.2, -0.15) is 0 Å². The van der Waals surface area contributed by atoms with Crippen LogP contribution in [0.3, 0.4) is 0 Å². The third-order valence-corrected chi connectivity index (χ3v) is 3.75. The predicted octanol–water partition coefficient (Wildman–Crippen LogP) is 2.14. The van der Waals surface area contributed by atoms with E-state index in [-0.39, 0.29) is 6.03 Å². The van der Waals surface area contributed by atoms with Crippen LogP contribution in [0.5, 0.6) is 11.5 Å². The van der Waals surface area contributed by atoms with Gasteiger partial charge in [0.1, 0.15) is 11.5 Å². The van der Waals surface area contributed by atoms with Gasteiger partial charge in [0.25, 0.3) is 0 Å². The Morgan fingerprint density at radius 3 is 2.70 bits per heavy atom. The molecule has 0 spiro atoms. The van der Waals surface area contributed by atoms with Gasteiger partial charge in [-0.3, -0.25) is 0 Å². The molecule has 6 nitrogen and oxygen atoms in total. The number of morpholine rings is 1. The van der Waals surface area contributed by atoms with Gasteiger partial charge in [0.05, 0.1) is 34.0 Å². The molecule has 126 valence electrons. The van der Waals surface area contributed by atoms with E-state index in [9.17, 15) is 4.79 Å². The molecular weight excluding hydrogens is 296 g/mol. The number of benzene rings is 1. The van der Waals surface area contributed by atoms with Crippen LogP contribution in [0, 0.1) is 0 Å². The number of carbonyl (C=O) groups excluding carboxylic acids is 1. The fraction of sp³-hybridized carbons (Fsp3) is 0.471. The standard InChI is InChI=1S/C17H24N2O4/c1-4-7-19(17(20)18-8-10-23-11-9-18)13-14-12-15(21-2)5-6-16(14)22-3/h4-6,12H,1,7-11,13H2,2-3H3. The summed E-state index contributed by atoms with van der Waals surface area (Å²) in [4.78, 5) is 16.3. The van der Waals surface area contributed by atoms with Crippen LogP contribution < -0.4 is 9.47 Å². The number of hydrogen-bond donors (Lipinski definition) is 0. The first-order valence-electron chi connectivity index (χ1n) is 7.63. The molecule has 0 bridgehead atoms. The number of rotatable bonds is 6. The molecule has 0 radical (unpaired) electrons. The van der Waals surface area contributed by atoms with Gasteiger partial charge in [-0.1, -0.05) is 6.08 Å². The minimum absolute atomic E-state index is 0.0157. The number of amides is 2. The third kappa shape index (κ3) is 4.39. The van der Waals surface area contributed by atoms with Crippen LogP contribution in [0.4, 0.5) is 4.79 Å². The lowest BCUT2D eigenvalue weighted by Crippen LogP contribution is -2.48. The third-order valence-electron chi connectivity index (χ3n) is 3.75. The molecule has 1 saturated heterocycles. The second kappa shape index (κ2) is 8.43. The molecule has 0 N–H and O–H groups in total. The molecule has 0 atom stereocenters. The highest BCUT2D eigenvalue weighted by molar-refractivity contribution is 5.75. The van der Waals surface area contributed by atoms with Gasteiger partial charge in [0.2, 0.25) is 0 Å². The normalized spacial score (nSPS) is 14.3. The van der Waals surface area contributed by atoms with Crippen LogP contribution >= 0.6 is 0 Å². The van der Waals surface area contributed by atoms with Gasteiger partial charge in [-0.15, -0.1) is 6.58 Å². The summed E-state index contributed by atoms with van der Waals surface area (Å²) in [5.41, 5.74) is 0.898. The van der Waals surface area contributed by atoms with Crippen LogP contribution in [0.2, 0.25) is 0 Å². The molecule has 0 saturated carbocycles. The Bertz CT molecular complexity index is 541. The second-order valence-electron chi connectivity index (χ2n) is 5.23. The minimum atomic E-state index is -0.0157. The highest BCUT2D eigenvalue weighted by atomic mass is 16.5. The maximum absolute atomic E-state index is 12.7. The minimum Gasteiger partial charge on any atom is -0.497 e. The van der Waals surface area contributed by atoms with E-state index in [1.807, 2.05) is 18.2 Å². The lowest BCUT2D eigenvalue weighted by molar-refractivity contribution is 0.0435. The summed E-state index contributed by atoms with van der Waals surface area (Å²) >= 11 is 0. The van der Waals surface area contributed by atoms with E-state index in [1.54, 1.807) is 30.1 Å². The van der Waals surface area contributed by atoms with Crippen molar-refractivity contribution in [3.05, 3.63) is 36.4 Å². The first-order valence-corrected chi connectivity index (χ1v) is 7.63. The molecule has 6 heteroatoms. The van der Waals surface area contributed by atoms with Gasteiger partial charge in [0, 0.05) is 25.2 Å². The number of hydrogen-bond acceptors (Lipinski definition) is 4. The van der Waals surface area contributed by atoms with Gasteiger partial charge in [0.15, 0.2) is 0 Å². The lowest BCUT2D eigenvalue weighted by atomic mass is 10.1. The molecule has 23 heavy (non-hydrogen) atoms. The van der Waals surface area contributed by atoms with E-state index in [2.05, 4.69) is 6.58 Å². The number of urea groups is 1. The van der Waals surface area contributed by atoms with Crippen molar-refractivity contribution in [1.29, 1.82) is 0 Å². The Hall–Kier alpha value is -2.21. The van der Waals surface area contributed by atoms with Crippen molar-refractivity contribution in [2.45, 2.75) is 6.54 Å². The quantitative estimate of drug-likeness (QED) is 0.754. The van der Waals surface area contributed by atoms with Crippen LogP contribution in [-0.4, -0.2) is 62.9 Å². The van der Waals surface area contributed by atoms with Crippen LogP contribution in [0.1, 0.15) is 5.56 Å². The molecule has 1 fully saturated rings. The number of methoxy groups -OCH3 is 2. The van der Waals surface area contributed by atoms with Gasteiger partial charge < -0.3 is 24.0 Å². The molecule has 1 aromatic carbocycles. The molecule has 1 aliphatic rings. The van der Waals surface area contributed by atoms with Crippen molar-refractivity contribution >= 4 is 6.03 Å². The summed E-state index contributed by atoms with van der Waals surface area (Å²) in [7, 11) is 3.24. The zero-order valence-electron chi connectivity index (χ0n) is 13.8. The van der Waals surface area contributed by atoms with Crippen molar-refractivity contribution in [3.63, 3.8) is 0 Å². The molecule has 1 aromatic rings. The number of carbonyl (C=O) groups is 1. The van der Waals surface area contributed by atoms with Crippen molar-refractivity contribution < 1.29 is 19.0 Å².